The molecule has 5 rings (SSSR count). The fraction of sp³-hybridized carbons (Fsp3) is 0.286. The quantitative estimate of drug-likeness (QED) is 0.522. The van der Waals surface area contributed by atoms with E-state index in [2.05, 4.69) is 36.0 Å². The van der Waals surface area contributed by atoms with E-state index in [4.69, 9.17) is 4.52 Å². The molecule has 162 valence electrons. The Morgan fingerprint density at radius 1 is 1.16 bits per heavy atom. The van der Waals surface area contributed by atoms with Crippen molar-refractivity contribution in [2.45, 2.75) is 25.7 Å². The first-order valence-electron chi connectivity index (χ1n) is 10.3. The van der Waals surface area contributed by atoms with E-state index in [9.17, 15) is 4.79 Å². The lowest BCUT2D eigenvalue weighted by Gasteiger charge is -2.30. The molecule has 1 saturated heterocycles. The normalized spacial score (nSPS) is 14.5. The Balaban J connectivity index is 1.19. The maximum absolute atomic E-state index is 12.8. The molecule has 3 aromatic heterocycles. The summed E-state index contributed by atoms with van der Waals surface area (Å²) in [5.41, 5.74) is 2.14. The second-order valence-corrected chi connectivity index (χ2v) is 7.55. The van der Waals surface area contributed by atoms with Gasteiger partial charge < -0.3 is 14.7 Å². The van der Waals surface area contributed by atoms with Crippen LogP contribution in [0.15, 0.2) is 53.2 Å². The highest BCUT2D eigenvalue weighted by Gasteiger charge is 2.28. The van der Waals surface area contributed by atoms with Gasteiger partial charge in [0.2, 0.25) is 11.7 Å². The highest BCUT2D eigenvalue weighted by atomic mass is 16.5. The van der Waals surface area contributed by atoms with E-state index in [1.807, 2.05) is 49.4 Å². The van der Waals surface area contributed by atoms with Crippen molar-refractivity contribution in [1.29, 1.82) is 0 Å². The average Bonchev–Trinajstić information content (AvgIpc) is 3.49. The first-order valence-corrected chi connectivity index (χ1v) is 10.3. The van der Waals surface area contributed by atoms with Crippen LogP contribution in [0, 0.1) is 6.92 Å². The number of piperidine rings is 1. The van der Waals surface area contributed by atoms with E-state index >= 15 is 0 Å². The second kappa shape index (κ2) is 8.53. The molecule has 11 nitrogen and oxygen atoms in total. The average molecular weight is 431 g/mol. The van der Waals surface area contributed by atoms with E-state index in [1.54, 1.807) is 15.8 Å². The molecule has 4 heterocycles. The Hall–Kier alpha value is -4.15. The Kier molecular flexibility index (Phi) is 5.28. The smallest absolute Gasteiger partial charge is 0.321 e. The van der Waals surface area contributed by atoms with Crippen molar-refractivity contribution in [3.8, 4) is 17.2 Å². The number of aromatic nitrogens is 7. The van der Waals surface area contributed by atoms with Crippen molar-refractivity contribution in [2.24, 2.45) is 0 Å². The summed E-state index contributed by atoms with van der Waals surface area (Å²) in [6.07, 6.45) is 3.20. The van der Waals surface area contributed by atoms with E-state index in [0.717, 1.165) is 18.5 Å². The van der Waals surface area contributed by atoms with E-state index in [0.29, 0.717) is 42.0 Å². The molecule has 1 fully saturated rings. The Morgan fingerprint density at radius 2 is 2.03 bits per heavy atom. The molecule has 0 spiro atoms. The van der Waals surface area contributed by atoms with Gasteiger partial charge in [0.1, 0.15) is 5.69 Å². The van der Waals surface area contributed by atoms with Gasteiger partial charge in [0.15, 0.2) is 5.82 Å². The van der Waals surface area contributed by atoms with Gasteiger partial charge in [0.25, 0.3) is 0 Å². The number of nitrogens with zero attached hydrogens (tertiary/aromatic N) is 8. The van der Waals surface area contributed by atoms with Gasteiger partial charge in [-0.1, -0.05) is 17.3 Å². The predicted octanol–water partition coefficient (Wildman–Crippen LogP) is 2.83. The third kappa shape index (κ3) is 4.04. The summed E-state index contributed by atoms with van der Waals surface area (Å²) in [6.45, 7) is 3.02. The van der Waals surface area contributed by atoms with Gasteiger partial charge in [-0.25, -0.2) is 4.79 Å². The number of carbonyl (C=O) groups excluding carboxylic acids is 1. The molecule has 1 aliphatic heterocycles. The van der Waals surface area contributed by atoms with Crippen LogP contribution in [0.5, 0.6) is 0 Å². The molecule has 32 heavy (non-hydrogen) atoms. The summed E-state index contributed by atoms with van der Waals surface area (Å²) in [5.74, 6) is 1.87. The zero-order valence-electron chi connectivity index (χ0n) is 17.4. The highest BCUT2D eigenvalue weighted by molar-refractivity contribution is 5.89. The summed E-state index contributed by atoms with van der Waals surface area (Å²) in [5, 5.41) is 18.5. The summed E-state index contributed by atoms with van der Waals surface area (Å²) in [4.78, 5) is 23.3. The minimum atomic E-state index is -0.145. The van der Waals surface area contributed by atoms with Crippen LogP contribution in [0.25, 0.3) is 17.2 Å². The number of aryl methyl sites for hydroxylation is 1. The van der Waals surface area contributed by atoms with Gasteiger partial charge in [-0.2, -0.15) is 9.67 Å². The van der Waals surface area contributed by atoms with Crippen LogP contribution in [0.2, 0.25) is 0 Å². The van der Waals surface area contributed by atoms with Gasteiger partial charge in [0, 0.05) is 30.9 Å². The number of benzene rings is 1. The van der Waals surface area contributed by atoms with Crippen molar-refractivity contribution in [1.82, 2.24) is 40.2 Å². The van der Waals surface area contributed by atoms with E-state index in [-0.39, 0.29) is 11.9 Å². The molecular weight excluding hydrogens is 410 g/mol. The predicted molar refractivity (Wildman–Crippen MR) is 114 cm³/mol. The van der Waals surface area contributed by atoms with Crippen molar-refractivity contribution < 1.29 is 9.32 Å². The number of hydrogen-bond donors (Lipinski definition) is 1. The Morgan fingerprint density at radius 3 is 2.78 bits per heavy atom. The third-order valence-corrected chi connectivity index (χ3v) is 5.43. The number of nitrogens with one attached hydrogen (secondary N) is 1. The van der Waals surface area contributed by atoms with Gasteiger partial charge in [0.05, 0.1) is 5.69 Å². The van der Waals surface area contributed by atoms with Crippen molar-refractivity contribution in [2.75, 3.05) is 18.4 Å². The first-order chi connectivity index (χ1) is 15.7. The molecule has 1 aromatic carbocycles. The topological polar surface area (TPSA) is 128 Å². The van der Waals surface area contributed by atoms with Crippen LogP contribution in [0.4, 0.5) is 10.5 Å². The maximum atomic E-state index is 12.8. The standard InChI is InChI=1S/C21H21N9O2/c1-14-25-27-28-30(14)17-6-4-5-16(13-17)23-21(31)29-11-8-15(9-12-29)20-24-19(26-32-20)18-7-2-3-10-22-18/h2-7,10,13,15H,8-9,11-12H2,1H3,(H,23,31). The molecule has 1 N–H and O–H groups in total. The van der Waals surface area contributed by atoms with Gasteiger partial charge in [-0.3, -0.25) is 4.98 Å². The lowest BCUT2D eigenvalue weighted by Crippen LogP contribution is -2.40. The van der Waals surface area contributed by atoms with Crippen LogP contribution >= 0.6 is 0 Å². The van der Waals surface area contributed by atoms with Crippen molar-refractivity contribution in [3.05, 3.63) is 60.4 Å². The fourth-order valence-electron chi connectivity index (χ4n) is 3.72. The number of likely N-dealkylation sites (tertiary alicyclic amines) is 1. The minimum absolute atomic E-state index is 0.120. The number of urea groups is 1. The van der Waals surface area contributed by atoms with E-state index < -0.39 is 0 Å². The SMILES string of the molecule is Cc1nnnn1-c1cccc(NC(=O)N2CCC(c3nc(-c4ccccn4)no3)CC2)c1. The fourth-order valence-corrected chi connectivity index (χ4v) is 3.72. The van der Waals surface area contributed by atoms with E-state index in [1.165, 1.54) is 0 Å². The lowest BCUT2D eigenvalue weighted by atomic mass is 9.97. The molecule has 2 amide bonds. The molecule has 0 atom stereocenters. The number of tetrazole rings is 1. The molecule has 0 saturated carbocycles. The van der Waals surface area contributed by atoms with Gasteiger partial charge >= 0.3 is 6.03 Å². The number of amides is 2. The van der Waals surface area contributed by atoms with Crippen LogP contribution in [0.1, 0.15) is 30.5 Å². The highest BCUT2D eigenvalue weighted by Crippen LogP contribution is 2.28. The van der Waals surface area contributed by atoms with Gasteiger partial charge in [-0.15, -0.1) is 5.10 Å². The van der Waals surface area contributed by atoms with Crippen molar-refractivity contribution >= 4 is 11.7 Å². The van der Waals surface area contributed by atoms with Crippen molar-refractivity contribution in [3.63, 3.8) is 0 Å². The van der Waals surface area contributed by atoms with Crippen LogP contribution < -0.4 is 5.32 Å². The molecule has 0 aliphatic carbocycles. The molecule has 1 aliphatic rings. The lowest BCUT2D eigenvalue weighted by molar-refractivity contribution is 0.187. The zero-order valence-corrected chi connectivity index (χ0v) is 17.4. The molecule has 0 radical (unpaired) electrons. The van der Waals surface area contributed by atoms with Crippen LogP contribution in [0.3, 0.4) is 0 Å². The third-order valence-electron chi connectivity index (χ3n) is 5.43. The number of rotatable bonds is 4. The number of pyridine rings is 1. The largest absolute Gasteiger partial charge is 0.339 e. The first kappa shape index (κ1) is 19.8. The summed E-state index contributed by atoms with van der Waals surface area (Å²) in [7, 11) is 0. The Labute approximate surface area is 183 Å². The molecule has 4 aromatic rings. The molecule has 0 bridgehead atoms. The van der Waals surface area contributed by atoms with Gasteiger partial charge in [-0.05, 0) is 60.5 Å². The zero-order chi connectivity index (χ0) is 21.9. The monoisotopic (exact) mass is 431 g/mol. The summed E-state index contributed by atoms with van der Waals surface area (Å²) < 4.78 is 7.09. The van der Waals surface area contributed by atoms with Crippen LogP contribution in [-0.4, -0.2) is 59.4 Å². The number of anilines is 1. The number of carbonyl (C=O) groups is 1. The number of hydrogen-bond acceptors (Lipinski definition) is 8. The summed E-state index contributed by atoms with van der Waals surface area (Å²) >= 11 is 0. The maximum Gasteiger partial charge on any atom is 0.321 e. The second-order valence-electron chi connectivity index (χ2n) is 7.55. The summed E-state index contributed by atoms with van der Waals surface area (Å²) in [6, 6.07) is 12.8. The molecule has 0 unspecified atom stereocenters. The molecular formula is C21H21N9O2. The molecule has 11 heteroatoms. The minimum Gasteiger partial charge on any atom is -0.339 e. The van der Waals surface area contributed by atoms with Crippen LogP contribution in [-0.2, 0) is 0 Å². The Bertz CT molecular complexity index is 1210.